The summed E-state index contributed by atoms with van der Waals surface area (Å²) in [6.45, 7) is -0.157. The SMILES string of the molecule is N#Cc1c(I)ccc(N(OCCC(N)=O)c2ccccc2C(N)=O)c1F. The molecule has 2 aromatic carbocycles. The first-order chi connectivity index (χ1) is 12.4. The van der Waals surface area contributed by atoms with Gasteiger partial charge in [0.15, 0.2) is 5.82 Å². The molecule has 0 aliphatic rings. The van der Waals surface area contributed by atoms with Crippen molar-refractivity contribution in [2.45, 2.75) is 6.42 Å². The summed E-state index contributed by atoms with van der Waals surface area (Å²) in [4.78, 5) is 28.2. The topological polar surface area (TPSA) is 122 Å². The van der Waals surface area contributed by atoms with E-state index in [1.54, 1.807) is 18.2 Å². The van der Waals surface area contributed by atoms with Crippen LogP contribution in [0.2, 0.25) is 0 Å². The van der Waals surface area contributed by atoms with Gasteiger partial charge in [-0.1, -0.05) is 12.1 Å². The number of amides is 2. The van der Waals surface area contributed by atoms with Gasteiger partial charge in [-0.05, 0) is 46.9 Å². The highest BCUT2D eigenvalue weighted by molar-refractivity contribution is 14.1. The maximum Gasteiger partial charge on any atom is 0.250 e. The predicted octanol–water partition coefficient (Wildman–Crippen LogP) is 2.35. The molecule has 0 unspecified atom stereocenters. The summed E-state index contributed by atoms with van der Waals surface area (Å²) in [7, 11) is 0. The van der Waals surface area contributed by atoms with Gasteiger partial charge < -0.3 is 11.5 Å². The number of nitriles is 1. The van der Waals surface area contributed by atoms with Crippen molar-refractivity contribution in [1.29, 1.82) is 5.26 Å². The third-order valence-corrected chi connectivity index (χ3v) is 4.26. The van der Waals surface area contributed by atoms with Gasteiger partial charge in [-0.2, -0.15) is 5.26 Å². The largest absolute Gasteiger partial charge is 0.370 e. The van der Waals surface area contributed by atoms with Crippen LogP contribution in [0.3, 0.4) is 0 Å². The molecule has 26 heavy (non-hydrogen) atoms. The van der Waals surface area contributed by atoms with Crippen LogP contribution in [0.1, 0.15) is 22.3 Å². The summed E-state index contributed by atoms with van der Waals surface area (Å²) < 4.78 is 15.3. The summed E-state index contributed by atoms with van der Waals surface area (Å²) in [5, 5.41) is 10.2. The first kappa shape index (κ1) is 19.6. The Morgan fingerprint density at radius 1 is 1.19 bits per heavy atom. The molecule has 0 fully saturated rings. The molecule has 4 N–H and O–H groups in total. The first-order valence-corrected chi connectivity index (χ1v) is 8.43. The van der Waals surface area contributed by atoms with Gasteiger partial charge in [-0.25, -0.2) is 9.45 Å². The summed E-state index contributed by atoms with van der Waals surface area (Å²) in [5.74, 6) is -2.16. The molecule has 0 bridgehead atoms. The van der Waals surface area contributed by atoms with Crippen molar-refractivity contribution < 1.29 is 18.8 Å². The molecule has 0 aliphatic carbocycles. The van der Waals surface area contributed by atoms with E-state index >= 15 is 0 Å². The van der Waals surface area contributed by atoms with Gasteiger partial charge >= 0.3 is 0 Å². The maximum absolute atomic E-state index is 14.8. The zero-order chi connectivity index (χ0) is 19.3. The third-order valence-electron chi connectivity index (χ3n) is 3.36. The van der Waals surface area contributed by atoms with E-state index in [4.69, 9.17) is 16.3 Å². The average molecular weight is 468 g/mol. The number of carbonyl (C=O) groups excluding carboxylic acids is 2. The third kappa shape index (κ3) is 4.27. The second kappa shape index (κ2) is 8.59. The number of nitrogens with two attached hydrogens (primary N) is 2. The smallest absolute Gasteiger partial charge is 0.250 e. The van der Waals surface area contributed by atoms with Gasteiger partial charge in [0.1, 0.15) is 17.3 Å². The number of nitrogens with zero attached hydrogens (tertiary/aromatic N) is 2. The van der Waals surface area contributed by atoms with Crippen LogP contribution in [-0.4, -0.2) is 18.4 Å². The highest BCUT2D eigenvalue weighted by Crippen LogP contribution is 2.33. The van der Waals surface area contributed by atoms with Crippen LogP contribution >= 0.6 is 22.6 Å². The monoisotopic (exact) mass is 468 g/mol. The van der Waals surface area contributed by atoms with Crippen molar-refractivity contribution in [3.05, 3.63) is 56.9 Å². The first-order valence-electron chi connectivity index (χ1n) is 7.35. The Balaban J connectivity index is 2.58. The number of primary amides is 2. The lowest BCUT2D eigenvalue weighted by molar-refractivity contribution is -0.119. The Morgan fingerprint density at radius 3 is 2.50 bits per heavy atom. The number of anilines is 2. The van der Waals surface area contributed by atoms with Gasteiger partial charge in [0.25, 0.3) is 5.91 Å². The molecular formula is C17H14FIN4O3. The van der Waals surface area contributed by atoms with Gasteiger partial charge in [0, 0.05) is 3.57 Å². The summed E-state index contributed by atoms with van der Waals surface area (Å²) in [6, 6.07) is 10.9. The van der Waals surface area contributed by atoms with E-state index in [9.17, 15) is 19.2 Å². The summed E-state index contributed by atoms with van der Waals surface area (Å²) in [5.41, 5.74) is 10.5. The lowest BCUT2D eigenvalue weighted by Crippen LogP contribution is -2.25. The minimum absolute atomic E-state index is 0.0861. The highest BCUT2D eigenvalue weighted by atomic mass is 127. The van der Waals surface area contributed by atoms with Crippen molar-refractivity contribution in [2.75, 3.05) is 11.7 Å². The fourth-order valence-electron chi connectivity index (χ4n) is 2.17. The fourth-order valence-corrected chi connectivity index (χ4v) is 2.70. The number of hydrogen-bond donors (Lipinski definition) is 2. The fraction of sp³-hybridized carbons (Fsp3) is 0.118. The number of hydrogen-bond acceptors (Lipinski definition) is 5. The van der Waals surface area contributed by atoms with Crippen molar-refractivity contribution >= 4 is 45.8 Å². The van der Waals surface area contributed by atoms with E-state index in [1.807, 2.05) is 22.6 Å². The van der Waals surface area contributed by atoms with E-state index in [-0.39, 0.29) is 35.5 Å². The van der Waals surface area contributed by atoms with Crippen LogP contribution in [0, 0.1) is 20.7 Å². The standard InChI is InChI=1S/C17H14FIN4O3/c18-16-11(9-20)12(19)5-6-14(16)23(26-8-7-15(21)24)13-4-2-1-3-10(13)17(22)25/h1-6H,7-8H2,(H2,21,24)(H2,22,25). The zero-order valence-electron chi connectivity index (χ0n) is 13.4. The molecule has 0 radical (unpaired) electrons. The zero-order valence-corrected chi connectivity index (χ0v) is 15.6. The molecule has 0 spiro atoms. The lowest BCUT2D eigenvalue weighted by Gasteiger charge is -2.26. The quantitative estimate of drug-likeness (QED) is 0.477. The molecule has 0 aliphatic heterocycles. The molecule has 0 saturated carbocycles. The normalized spacial score (nSPS) is 10.2. The maximum atomic E-state index is 14.8. The van der Waals surface area contributed by atoms with E-state index in [0.717, 1.165) is 5.06 Å². The molecule has 2 amide bonds. The minimum Gasteiger partial charge on any atom is -0.370 e. The Labute approximate surface area is 162 Å². The van der Waals surface area contributed by atoms with Crippen molar-refractivity contribution in [3.8, 4) is 6.07 Å². The van der Waals surface area contributed by atoms with Crippen molar-refractivity contribution in [3.63, 3.8) is 0 Å². The van der Waals surface area contributed by atoms with E-state index in [0.29, 0.717) is 3.57 Å². The average Bonchev–Trinajstić information content (AvgIpc) is 2.60. The molecular weight excluding hydrogens is 454 g/mol. The lowest BCUT2D eigenvalue weighted by atomic mass is 10.1. The van der Waals surface area contributed by atoms with Crippen LogP contribution < -0.4 is 16.5 Å². The Hall–Kier alpha value is -2.71. The molecule has 2 rings (SSSR count). The number of para-hydroxylation sites is 1. The predicted molar refractivity (Wildman–Crippen MR) is 101 cm³/mol. The van der Waals surface area contributed by atoms with Gasteiger partial charge in [-0.3, -0.25) is 14.4 Å². The number of halogens is 2. The molecule has 0 atom stereocenters. The van der Waals surface area contributed by atoms with Crippen LogP contribution in [0.15, 0.2) is 36.4 Å². The molecule has 0 aromatic heterocycles. The van der Waals surface area contributed by atoms with Gasteiger partial charge in [0.2, 0.25) is 5.91 Å². The summed E-state index contributed by atoms with van der Waals surface area (Å²) >= 11 is 1.84. The Kier molecular flexibility index (Phi) is 6.48. The highest BCUT2D eigenvalue weighted by Gasteiger charge is 2.23. The van der Waals surface area contributed by atoms with E-state index < -0.39 is 17.6 Å². The second-order valence-corrected chi connectivity index (χ2v) is 6.25. The van der Waals surface area contributed by atoms with Crippen LogP contribution in [0.5, 0.6) is 0 Å². The molecule has 2 aromatic rings. The number of benzene rings is 2. The van der Waals surface area contributed by atoms with Crippen LogP contribution in [0.25, 0.3) is 0 Å². The Morgan fingerprint density at radius 2 is 1.88 bits per heavy atom. The van der Waals surface area contributed by atoms with Crippen molar-refractivity contribution in [1.82, 2.24) is 0 Å². The van der Waals surface area contributed by atoms with E-state index in [1.165, 1.54) is 24.3 Å². The van der Waals surface area contributed by atoms with Gasteiger partial charge in [-0.15, -0.1) is 0 Å². The molecule has 7 nitrogen and oxygen atoms in total. The molecule has 9 heteroatoms. The Bertz CT molecular complexity index is 898. The number of carbonyl (C=O) groups is 2. The summed E-state index contributed by atoms with van der Waals surface area (Å²) in [6.07, 6.45) is -0.119. The molecule has 0 heterocycles. The van der Waals surface area contributed by atoms with E-state index in [2.05, 4.69) is 0 Å². The van der Waals surface area contributed by atoms with Gasteiger partial charge in [0.05, 0.1) is 24.3 Å². The molecule has 0 saturated heterocycles. The van der Waals surface area contributed by atoms with Crippen LogP contribution in [-0.2, 0) is 9.63 Å². The minimum atomic E-state index is -0.822. The molecule has 134 valence electrons. The second-order valence-electron chi connectivity index (χ2n) is 5.09. The van der Waals surface area contributed by atoms with Crippen molar-refractivity contribution in [2.24, 2.45) is 11.5 Å². The van der Waals surface area contributed by atoms with Crippen LogP contribution in [0.4, 0.5) is 15.8 Å². The number of rotatable bonds is 7.